The third kappa shape index (κ3) is 3.79. The Hall–Kier alpha value is -3.61. The predicted molar refractivity (Wildman–Crippen MR) is 129 cm³/mol. The van der Waals surface area contributed by atoms with Crippen molar-refractivity contribution in [1.29, 1.82) is 0 Å². The lowest BCUT2D eigenvalue weighted by atomic mass is 9.49. The van der Waals surface area contributed by atoms with E-state index >= 15 is 0 Å². The molecule has 5 fully saturated rings. The highest BCUT2D eigenvalue weighted by Crippen LogP contribution is 2.60. The topological polar surface area (TPSA) is 84.9 Å². The molecule has 2 aromatic rings. The number of anilines is 1. The molecule has 0 radical (unpaired) electrons. The van der Waals surface area contributed by atoms with Crippen molar-refractivity contribution in [2.45, 2.75) is 38.5 Å². The summed E-state index contributed by atoms with van der Waals surface area (Å²) < 4.78 is 11.4. The second kappa shape index (κ2) is 8.26. The van der Waals surface area contributed by atoms with E-state index in [1.165, 1.54) is 37.5 Å². The molecule has 0 atom stereocenters. The zero-order valence-corrected chi connectivity index (χ0v) is 19.7. The molecular formula is C28H28N2O5. The normalized spacial score (nSPS) is 30.0. The predicted octanol–water partition coefficient (Wildman–Crippen LogP) is 4.28. The molecule has 1 N–H and O–H groups in total. The number of ether oxygens (including phenoxy) is 2. The summed E-state index contributed by atoms with van der Waals surface area (Å²) in [6, 6.07) is 14.0. The third-order valence-electron chi connectivity index (χ3n) is 8.08. The van der Waals surface area contributed by atoms with Crippen molar-refractivity contribution in [2.24, 2.45) is 23.2 Å². The molecule has 7 nitrogen and oxygen atoms in total. The summed E-state index contributed by atoms with van der Waals surface area (Å²) in [6.07, 6.45) is 8.08. The molecule has 4 saturated carbocycles. The molecule has 180 valence electrons. The maximum absolute atomic E-state index is 13.4. The summed E-state index contributed by atoms with van der Waals surface area (Å²) in [4.78, 5) is 38.7. The minimum absolute atomic E-state index is 0.0224. The first-order valence-corrected chi connectivity index (χ1v) is 12.3. The van der Waals surface area contributed by atoms with Gasteiger partial charge in [0, 0.05) is 0 Å². The molecule has 2 aromatic carbocycles. The van der Waals surface area contributed by atoms with Gasteiger partial charge < -0.3 is 9.47 Å². The first kappa shape index (κ1) is 21.9. The van der Waals surface area contributed by atoms with Gasteiger partial charge in [0.2, 0.25) is 0 Å². The number of carbonyl (C=O) groups excluding carboxylic acids is 3. The molecule has 35 heavy (non-hydrogen) atoms. The molecule has 4 bridgehead atoms. The fourth-order valence-electron chi connectivity index (χ4n) is 6.91. The number of hydrazine groups is 1. The van der Waals surface area contributed by atoms with Gasteiger partial charge in [-0.2, -0.15) is 0 Å². The van der Waals surface area contributed by atoms with Crippen LogP contribution in [-0.2, 0) is 14.4 Å². The summed E-state index contributed by atoms with van der Waals surface area (Å²) in [5.74, 6) is 1.64. The van der Waals surface area contributed by atoms with Gasteiger partial charge in [-0.05, 0) is 92.2 Å². The van der Waals surface area contributed by atoms with Gasteiger partial charge in [-0.1, -0.05) is 24.3 Å². The number of rotatable bonds is 5. The number of hydrogen-bond donors (Lipinski definition) is 1. The van der Waals surface area contributed by atoms with Crippen molar-refractivity contribution in [2.75, 3.05) is 12.1 Å². The Balaban J connectivity index is 1.22. The van der Waals surface area contributed by atoms with Gasteiger partial charge in [0.1, 0.15) is 5.57 Å². The van der Waals surface area contributed by atoms with Gasteiger partial charge in [-0.25, -0.2) is 5.01 Å². The molecule has 0 aromatic heterocycles. The molecular weight excluding hydrogens is 444 g/mol. The lowest BCUT2D eigenvalue weighted by molar-refractivity contribution is -0.161. The first-order valence-electron chi connectivity index (χ1n) is 12.3. The van der Waals surface area contributed by atoms with Crippen LogP contribution in [0.25, 0.3) is 6.08 Å². The van der Waals surface area contributed by atoms with Crippen molar-refractivity contribution in [3.63, 3.8) is 0 Å². The Morgan fingerprint density at radius 2 is 1.63 bits per heavy atom. The highest BCUT2D eigenvalue weighted by atomic mass is 16.6. The summed E-state index contributed by atoms with van der Waals surface area (Å²) in [6.45, 7) is 0. The van der Waals surface area contributed by atoms with Crippen molar-refractivity contribution >= 4 is 29.5 Å². The number of benzene rings is 2. The average Bonchev–Trinajstić information content (AvgIpc) is 3.13. The minimum atomic E-state index is -0.477. The van der Waals surface area contributed by atoms with Gasteiger partial charge in [0.05, 0.1) is 18.2 Å². The van der Waals surface area contributed by atoms with E-state index in [1.54, 1.807) is 42.5 Å². The van der Waals surface area contributed by atoms with E-state index < -0.39 is 11.8 Å². The molecule has 0 spiro atoms. The third-order valence-corrected chi connectivity index (χ3v) is 8.08. The Bertz CT molecular complexity index is 1200. The van der Waals surface area contributed by atoms with Crippen molar-refractivity contribution in [1.82, 2.24) is 5.43 Å². The second-order valence-corrected chi connectivity index (χ2v) is 10.5. The fraction of sp³-hybridized carbons (Fsp3) is 0.393. The van der Waals surface area contributed by atoms with Gasteiger partial charge in [0.25, 0.3) is 11.8 Å². The molecule has 2 amide bonds. The van der Waals surface area contributed by atoms with E-state index in [4.69, 9.17) is 9.47 Å². The number of carbonyl (C=O) groups is 3. The molecule has 4 aliphatic carbocycles. The standard InChI is InChI=1S/C28H28N2O5/c1-34-24-13-17(12-22-25(31)29-30(26(22)32)21-5-3-2-4-6-21)7-8-23(24)35-27(33)28-14-18-9-19(15-28)11-20(10-18)16-28/h2-8,12-13,18-20H,9-11,14-16H2,1H3,(H,29,31). The van der Waals surface area contributed by atoms with E-state index in [2.05, 4.69) is 5.43 Å². The maximum atomic E-state index is 13.4. The zero-order chi connectivity index (χ0) is 24.2. The van der Waals surface area contributed by atoms with Crippen molar-refractivity contribution in [3.8, 4) is 11.5 Å². The second-order valence-electron chi connectivity index (χ2n) is 10.5. The smallest absolute Gasteiger partial charge is 0.317 e. The number of nitrogens with zero attached hydrogens (tertiary/aromatic N) is 1. The Morgan fingerprint density at radius 3 is 2.26 bits per heavy atom. The zero-order valence-electron chi connectivity index (χ0n) is 19.7. The Kier molecular flexibility index (Phi) is 5.16. The van der Waals surface area contributed by atoms with Gasteiger partial charge in [-0.15, -0.1) is 0 Å². The van der Waals surface area contributed by atoms with Gasteiger partial charge >= 0.3 is 5.97 Å². The molecule has 1 saturated heterocycles. The van der Waals surface area contributed by atoms with E-state index in [9.17, 15) is 14.4 Å². The largest absolute Gasteiger partial charge is 0.493 e. The Labute approximate surface area is 204 Å². The summed E-state index contributed by atoms with van der Waals surface area (Å²) >= 11 is 0. The van der Waals surface area contributed by atoms with Crippen LogP contribution < -0.4 is 19.9 Å². The molecule has 1 heterocycles. The number of para-hydroxylation sites is 1. The lowest BCUT2D eigenvalue weighted by Crippen LogP contribution is -2.51. The number of hydrogen-bond acceptors (Lipinski definition) is 5. The van der Waals surface area contributed by atoms with E-state index in [0.717, 1.165) is 19.3 Å². The first-order chi connectivity index (χ1) is 16.9. The van der Waals surface area contributed by atoms with Crippen molar-refractivity contribution < 1.29 is 23.9 Å². The number of esters is 1. The number of nitrogens with one attached hydrogen (secondary N) is 1. The molecule has 1 aliphatic heterocycles. The molecule has 5 aliphatic rings. The lowest BCUT2D eigenvalue weighted by Gasteiger charge is -2.55. The van der Waals surface area contributed by atoms with Crippen LogP contribution in [0.1, 0.15) is 44.1 Å². The summed E-state index contributed by atoms with van der Waals surface area (Å²) in [7, 11) is 1.51. The number of amides is 2. The van der Waals surface area contributed by atoms with E-state index in [0.29, 0.717) is 40.5 Å². The van der Waals surface area contributed by atoms with Crippen LogP contribution in [0, 0.1) is 23.2 Å². The Morgan fingerprint density at radius 1 is 0.971 bits per heavy atom. The van der Waals surface area contributed by atoms with Crippen LogP contribution in [0.3, 0.4) is 0 Å². The van der Waals surface area contributed by atoms with Crippen LogP contribution in [0.5, 0.6) is 11.5 Å². The van der Waals surface area contributed by atoms with Crippen molar-refractivity contribution in [3.05, 3.63) is 59.7 Å². The monoisotopic (exact) mass is 472 g/mol. The van der Waals surface area contributed by atoms with Crippen LogP contribution in [0.4, 0.5) is 5.69 Å². The fourth-order valence-corrected chi connectivity index (χ4v) is 6.91. The molecule has 7 heteroatoms. The van der Waals surface area contributed by atoms with Crippen LogP contribution in [-0.4, -0.2) is 24.9 Å². The van der Waals surface area contributed by atoms with Gasteiger partial charge in [0.15, 0.2) is 11.5 Å². The minimum Gasteiger partial charge on any atom is -0.493 e. The van der Waals surface area contributed by atoms with E-state index in [1.807, 2.05) is 6.07 Å². The number of methoxy groups -OCH3 is 1. The van der Waals surface area contributed by atoms with Gasteiger partial charge in [-0.3, -0.25) is 19.8 Å². The van der Waals surface area contributed by atoms with E-state index in [-0.39, 0.29) is 17.0 Å². The average molecular weight is 473 g/mol. The SMILES string of the molecule is COc1cc(C=C2C(=O)NN(c3ccccc3)C2=O)ccc1OC(=O)C12CC3CC(CC(C3)C1)C2. The van der Waals surface area contributed by atoms with Crippen LogP contribution in [0.2, 0.25) is 0 Å². The highest BCUT2D eigenvalue weighted by molar-refractivity contribution is 6.31. The molecule has 7 rings (SSSR count). The quantitative estimate of drug-likeness (QED) is 0.304. The molecule has 0 unspecified atom stereocenters. The summed E-state index contributed by atoms with van der Waals surface area (Å²) in [5, 5.41) is 1.23. The summed E-state index contributed by atoms with van der Waals surface area (Å²) in [5.41, 5.74) is 3.44. The highest BCUT2D eigenvalue weighted by Gasteiger charge is 2.55. The maximum Gasteiger partial charge on any atom is 0.317 e. The van der Waals surface area contributed by atoms with Crippen LogP contribution >= 0.6 is 0 Å². The van der Waals surface area contributed by atoms with Crippen LogP contribution in [0.15, 0.2) is 54.1 Å².